The van der Waals surface area contributed by atoms with E-state index in [2.05, 4.69) is 74.4 Å². The zero-order chi connectivity index (χ0) is 96.3. The molecule has 16 atom stereocenters. The second-order valence-electron chi connectivity index (χ2n) is 31.7. The molecule has 44 nitrogen and oxygen atoms in total. The van der Waals surface area contributed by atoms with E-state index in [1.807, 2.05) is 0 Å². The summed E-state index contributed by atoms with van der Waals surface area (Å²) in [6.45, 7) is 7.48. The molecule has 4 rings (SSSR count). The summed E-state index contributed by atoms with van der Waals surface area (Å²) in [4.78, 5) is 258. The average molecular weight is 1840 g/mol. The number of phenols is 2. The Hall–Kier alpha value is -12.5. The zero-order valence-electron chi connectivity index (χ0n) is 72.8. The number of aliphatic hydroxyl groups is 4. The first-order valence-corrected chi connectivity index (χ1v) is 43.2. The molecule has 0 unspecified atom stereocenters. The second kappa shape index (κ2) is 56.0. The molecule has 16 amide bonds. The van der Waals surface area contributed by atoms with Gasteiger partial charge in [-0.15, -0.1) is 0 Å². The summed E-state index contributed by atoms with van der Waals surface area (Å²) in [7, 11) is 0. The van der Waals surface area contributed by atoms with Crippen molar-refractivity contribution in [2.45, 2.75) is 248 Å². The summed E-state index contributed by atoms with van der Waals surface area (Å²) >= 11 is 0.903. The molecule has 712 valence electrons. The minimum absolute atomic E-state index is 0.0653. The third-order valence-corrected chi connectivity index (χ3v) is 21.3. The van der Waals surface area contributed by atoms with Gasteiger partial charge in [-0.25, -0.2) is 0 Å². The first-order valence-electron chi connectivity index (χ1n) is 42.2. The number of amides is 16. The Labute approximate surface area is 748 Å². The Morgan fingerprint density at radius 1 is 0.411 bits per heavy atom. The number of phenolic OH excluding ortho intramolecular Hbond substituents is 2. The van der Waals surface area contributed by atoms with Crippen LogP contribution in [0.5, 0.6) is 11.5 Å². The van der Waals surface area contributed by atoms with Crippen LogP contribution in [-0.2, 0) is 106 Å². The Morgan fingerprint density at radius 2 is 0.822 bits per heavy atom. The van der Waals surface area contributed by atoms with Crippen LogP contribution in [0.1, 0.15) is 155 Å². The number of nitrogens with one attached hydrogen (secondary N) is 14. The van der Waals surface area contributed by atoms with Crippen molar-refractivity contribution < 1.29 is 137 Å². The van der Waals surface area contributed by atoms with Gasteiger partial charge in [-0.2, -0.15) is 0 Å². The number of aromatic hydroxyl groups is 2. The van der Waals surface area contributed by atoms with Crippen LogP contribution in [-0.4, -0.2) is 292 Å². The van der Waals surface area contributed by atoms with Gasteiger partial charge in [0.15, 0.2) is 0 Å². The molecule has 0 aliphatic carbocycles. The molecule has 0 bridgehead atoms. The van der Waals surface area contributed by atoms with Crippen molar-refractivity contribution in [3.05, 3.63) is 95.6 Å². The third kappa shape index (κ3) is 39.4. The van der Waals surface area contributed by atoms with Crippen molar-refractivity contribution in [1.82, 2.24) is 79.3 Å². The van der Waals surface area contributed by atoms with Crippen molar-refractivity contribution >= 4 is 124 Å². The number of hydrogen-bond donors (Lipinski definition) is 24. The first kappa shape index (κ1) is 109. The van der Waals surface area contributed by atoms with Crippen molar-refractivity contribution in [1.29, 1.82) is 0 Å². The molecule has 45 heteroatoms. The highest BCUT2D eigenvalue weighted by atomic mass is 32.2. The smallest absolute Gasteiger partial charge is 0.305 e. The van der Waals surface area contributed by atoms with Gasteiger partial charge in [-0.1, -0.05) is 120 Å². The number of imide groups is 1. The fourth-order valence-corrected chi connectivity index (χ4v) is 13.8. The lowest BCUT2D eigenvalue weighted by atomic mass is 9.96. The molecule has 1 aliphatic rings. The maximum atomic E-state index is 14.7. The predicted octanol–water partition coefficient (Wildman–Crippen LogP) is -4.01. The van der Waals surface area contributed by atoms with E-state index in [-0.39, 0.29) is 72.1 Å². The van der Waals surface area contributed by atoms with Crippen molar-refractivity contribution in [2.75, 3.05) is 38.6 Å². The number of carbonyl (C=O) groups excluding carboxylic acids is 16. The minimum Gasteiger partial charge on any atom is -0.508 e. The summed E-state index contributed by atoms with van der Waals surface area (Å²) in [5.74, 6) is -22.2. The lowest BCUT2D eigenvalue weighted by molar-refractivity contribution is -0.142. The van der Waals surface area contributed by atoms with E-state index in [0.29, 0.717) is 62.6 Å². The summed E-state index contributed by atoms with van der Waals surface area (Å²) in [6.07, 6.45) is -4.46. The number of carbonyl (C=O) groups is 19. The lowest BCUT2D eigenvalue weighted by Gasteiger charge is -2.30. The number of nitrogens with zero attached hydrogens (tertiary/aromatic N) is 1. The van der Waals surface area contributed by atoms with Gasteiger partial charge in [0.2, 0.25) is 88.6 Å². The van der Waals surface area contributed by atoms with Crippen LogP contribution in [0.4, 0.5) is 4.79 Å². The molecule has 3 aromatic rings. The molecule has 0 aromatic heterocycles. The summed E-state index contributed by atoms with van der Waals surface area (Å²) in [5.41, 5.74) is 6.51. The highest BCUT2D eigenvalue weighted by Crippen LogP contribution is 2.21. The third-order valence-electron chi connectivity index (χ3n) is 20.4. The first-order chi connectivity index (χ1) is 61.0. The number of thioether (sulfide) groups is 1. The van der Waals surface area contributed by atoms with E-state index in [1.165, 1.54) is 67.6 Å². The van der Waals surface area contributed by atoms with E-state index in [9.17, 15) is 137 Å². The maximum Gasteiger partial charge on any atom is 0.305 e. The molecule has 3 aromatic carbocycles. The zero-order valence-corrected chi connectivity index (χ0v) is 73.6. The molecule has 1 aliphatic heterocycles. The van der Waals surface area contributed by atoms with Gasteiger partial charge in [-0.05, 0) is 119 Å². The quantitative estimate of drug-likeness (QED) is 0.0239. The summed E-state index contributed by atoms with van der Waals surface area (Å²) < 4.78 is 0. The van der Waals surface area contributed by atoms with Gasteiger partial charge < -0.3 is 126 Å². The summed E-state index contributed by atoms with van der Waals surface area (Å²) in [6, 6.07) is -4.07. The van der Waals surface area contributed by atoms with Crippen LogP contribution < -0.4 is 80.2 Å². The number of carboxylic acids is 3. The Morgan fingerprint density at radius 3 is 1.29 bits per heavy atom. The standard InChI is InChI=1S/C84H122N16O28S/c1-8-45(4)69(81(125)93-57(37-51-24-28-53(106)29-25-51)75(119)89-55(34-44(2)3)74(118)91-59(38-67(112)113)73(117)87-46(5)18-15-16-32-85)98-80(124)62(42-102)95-76(120)56(36-50-22-26-52(105)27-23-50)90-77(121)60(39-68(114)115)92-79(123)61(41-101)96-83(127)71(48(7)104)99-78(122)58(35-49-19-12-11-13-20-49)94-82(126)70(47(6)103)97-64(108)40-86-72(116)54(30-31-66(110)111)88-63(107)21-14-9-10-17-33-100-65(109)43-129-84(100)128/h11-13,19-20,22-29,44-48,54-62,69-71,101-106H,8-10,14-18,21,30-43,85H2,1-7H3,(H,86,116)(H,87,117)(H,88,107)(H,89,119)(H,90,121)(H,91,118)(H,92,123)(H,93,125)(H,94,126)(H,95,120)(H,96,127)(H,97,108)(H,98,124)(H,99,122)(H,110,111)(H,112,113)(H,114,115)/t45-,46+,47+,48+,54-,55-,56-,57-,58-,59-,60-,61-,62-,69-,70-,71-/m0/s1. The number of aliphatic hydroxyl groups excluding tert-OH is 4. The molecule has 0 saturated carbocycles. The molecular formula is C84H122N16O28S. The van der Waals surface area contributed by atoms with Crippen LogP contribution in [0, 0.1) is 11.8 Å². The molecule has 25 N–H and O–H groups in total. The average Bonchev–Trinajstić information content (AvgIpc) is 1.59. The Kier molecular flexibility index (Phi) is 47.3. The molecule has 1 saturated heterocycles. The largest absolute Gasteiger partial charge is 0.508 e. The predicted molar refractivity (Wildman–Crippen MR) is 461 cm³/mol. The number of rotatable bonds is 59. The normalized spacial score (nSPS) is 15.6. The number of carboxylic acid groups (broad SMARTS) is 3. The van der Waals surface area contributed by atoms with Crippen LogP contribution >= 0.6 is 11.8 Å². The summed E-state index contributed by atoms with van der Waals surface area (Å²) in [5, 5.41) is 125. The van der Waals surface area contributed by atoms with Gasteiger partial charge in [0.1, 0.15) is 84.0 Å². The van der Waals surface area contributed by atoms with Gasteiger partial charge >= 0.3 is 17.9 Å². The monoisotopic (exact) mass is 1830 g/mol. The van der Waals surface area contributed by atoms with E-state index in [4.69, 9.17) is 5.73 Å². The van der Waals surface area contributed by atoms with Crippen molar-refractivity contribution in [2.24, 2.45) is 17.6 Å². The molecular weight excluding hydrogens is 1710 g/mol. The van der Waals surface area contributed by atoms with Crippen LogP contribution in [0.3, 0.4) is 0 Å². The van der Waals surface area contributed by atoms with Crippen LogP contribution in [0.25, 0.3) is 0 Å². The number of hydrogen-bond acceptors (Lipinski definition) is 27. The van der Waals surface area contributed by atoms with Crippen molar-refractivity contribution in [3.8, 4) is 11.5 Å². The number of benzene rings is 3. The Bertz CT molecular complexity index is 4300. The van der Waals surface area contributed by atoms with Gasteiger partial charge in [0, 0.05) is 44.7 Å². The lowest BCUT2D eigenvalue weighted by Crippen LogP contribution is -2.63. The fourth-order valence-electron chi connectivity index (χ4n) is 13.1. The van der Waals surface area contributed by atoms with E-state index < -0.39 is 256 Å². The maximum absolute atomic E-state index is 14.7. The van der Waals surface area contributed by atoms with E-state index in [1.54, 1.807) is 45.9 Å². The van der Waals surface area contributed by atoms with Crippen LogP contribution in [0.2, 0.25) is 0 Å². The number of nitrogens with two attached hydrogens (primary N) is 1. The second-order valence-corrected chi connectivity index (χ2v) is 32.7. The molecule has 0 spiro atoms. The molecule has 129 heavy (non-hydrogen) atoms. The topological polar surface area (TPSA) is 704 Å². The Balaban J connectivity index is 1.53. The number of unbranched alkanes of at least 4 members (excludes halogenated alkanes) is 4. The van der Waals surface area contributed by atoms with Gasteiger partial charge in [0.25, 0.3) is 5.24 Å². The SMILES string of the molecule is CC[C@H](C)[C@H](NC(=O)[C@H](CO)NC(=O)[C@H](Cc1ccc(O)cc1)NC(=O)[C@H](CC(=O)O)NC(=O)[C@H](CO)NC(=O)[C@@H](NC(=O)[C@H](Cc1ccccc1)NC(=O)[C@@H](NC(=O)CNC(=O)[C@H](CCC(=O)O)NC(=O)CCCCCCN1C(=O)CSC1=O)[C@@H](C)O)[C@@H](C)O)C(=O)N[C@@H](Cc1ccc(O)cc1)C(=O)N[C@@H](CC(C)C)C(=O)N[C@@H](CC(=O)O)C(=O)N[C@H](C)CCCCN. The van der Waals surface area contributed by atoms with E-state index >= 15 is 0 Å². The molecule has 1 fully saturated rings. The number of aliphatic carboxylic acids is 3. The van der Waals surface area contributed by atoms with Crippen molar-refractivity contribution in [3.63, 3.8) is 0 Å². The molecule has 0 radical (unpaired) electrons. The minimum atomic E-state index is -2.22. The van der Waals surface area contributed by atoms with Gasteiger partial charge in [-0.3, -0.25) is 96.0 Å². The van der Waals surface area contributed by atoms with E-state index in [0.717, 1.165) is 30.5 Å². The molecule has 1 heterocycles. The highest BCUT2D eigenvalue weighted by Gasteiger charge is 2.41. The van der Waals surface area contributed by atoms with Crippen LogP contribution in [0.15, 0.2) is 78.9 Å². The fraction of sp³-hybridized carbons (Fsp3) is 0.560. The van der Waals surface area contributed by atoms with Gasteiger partial charge in [0.05, 0.1) is 50.6 Å². The highest BCUT2D eigenvalue weighted by molar-refractivity contribution is 8.14.